The molecule has 2 fully saturated rings. The topological polar surface area (TPSA) is 142 Å². The molecule has 2 saturated heterocycles. The number of fused-ring (bicyclic) bond motifs is 4. The molecule has 5 aromatic rings. The second kappa shape index (κ2) is 14.5. The van der Waals surface area contributed by atoms with Gasteiger partial charge in [0, 0.05) is 105 Å². The zero-order valence-electron chi connectivity index (χ0n) is 33.9. The SMILES string of the molecule is CC(=O)N1CCc2c(c(N3CCCc4cc(-c5cn(C)c6cc(C)nnc56)c(C(F)F)cc43)nn2C2CCN(c3ccc4c(c3)CN(C3CCC(=O)NC3=O)C4=O)CC2)C1. The molecule has 1 atom stereocenters. The number of halogens is 2. The first-order valence-corrected chi connectivity index (χ1v) is 20.8. The number of carbonyl (C=O) groups is 4. The van der Waals surface area contributed by atoms with Crippen molar-refractivity contribution in [3.8, 4) is 11.1 Å². The molecule has 0 radical (unpaired) electrons. The zero-order chi connectivity index (χ0) is 41.6. The van der Waals surface area contributed by atoms with Crippen molar-refractivity contribution >= 4 is 51.9 Å². The molecule has 16 heteroatoms. The number of anilines is 3. The summed E-state index contributed by atoms with van der Waals surface area (Å²) in [5.74, 6) is -0.214. The summed E-state index contributed by atoms with van der Waals surface area (Å²) in [6.45, 7) is 6.86. The molecule has 4 amide bonds. The lowest BCUT2D eigenvalue weighted by Gasteiger charge is -2.35. The summed E-state index contributed by atoms with van der Waals surface area (Å²) in [5, 5.41) is 16.4. The van der Waals surface area contributed by atoms with Crippen LogP contribution < -0.4 is 15.1 Å². The number of nitrogens with zero attached hydrogens (tertiary/aromatic N) is 9. The smallest absolute Gasteiger partial charge is 0.264 e. The quantitative estimate of drug-likeness (QED) is 0.215. The van der Waals surface area contributed by atoms with Gasteiger partial charge < -0.3 is 24.2 Å². The Morgan fingerprint density at radius 1 is 0.883 bits per heavy atom. The second-order valence-electron chi connectivity index (χ2n) is 16.8. The number of imide groups is 1. The highest BCUT2D eigenvalue weighted by molar-refractivity contribution is 6.05. The number of aryl methyl sites for hydroxylation is 3. The normalized spacial score (nSPS) is 19.6. The van der Waals surface area contributed by atoms with E-state index in [1.54, 1.807) is 17.9 Å². The van der Waals surface area contributed by atoms with Gasteiger partial charge in [-0.25, -0.2) is 8.78 Å². The average molecular weight is 817 g/mol. The van der Waals surface area contributed by atoms with Gasteiger partial charge in [-0.15, -0.1) is 5.10 Å². The zero-order valence-corrected chi connectivity index (χ0v) is 33.9. The number of piperidine rings is 2. The van der Waals surface area contributed by atoms with Gasteiger partial charge in [-0.05, 0) is 92.1 Å². The Kier molecular flexibility index (Phi) is 9.21. The number of hydrogen-bond acceptors (Lipinski definition) is 9. The molecule has 1 unspecified atom stereocenters. The molecule has 0 bridgehead atoms. The van der Waals surface area contributed by atoms with Crippen LogP contribution >= 0.6 is 0 Å². The van der Waals surface area contributed by atoms with E-state index in [9.17, 15) is 19.2 Å². The molecule has 14 nitrogen and oxygen atoms in total. The molecule has 2 aromatic carbocycles. The fourth-order valence-electron chi connectivity index (χ4n) is 10.1. The van der Waals surface area contributed by atoms with Crippen molar-refractivity contribution in [1.82, 2.24) is 39.7 Å². The molecule has 60 heavy (non-hydrogen) atoms. The van der Waals surface area contributed by atoms with Crippen molar-refractivity contribution in [2.24, 2.45) is 7.05 Å². The van der Waals surface area contributed by atoms with E-state index in [0.717, 1.165) is 89.6 Å². The lowest BCUT2D eigenvalue weighted by atomic mass is 9.92. The van der Waals surface area contributed by atoms with E-state index in [0.29, 0.717) is 61.2 Å². The van der Waals surface area contributed by atoms with Crippen molar-refractivity contribution in [3.63, 3.8) is 0 Å². The van der Waals surface area contributed by atoms with Crippen LogP contribution in [0, 0.1) is 6.92 Å². The number of benzene rings is 2. The van der Waals surface area contributed by atoms with E-state index < -0.39 is 18.4 Å². The average Bonchev–Trinajstić information content (AvgIpc) is 3.89. The molecule has 5 aliphatic heterocycles. The lowest BCUT2D eigenvalue weighted by molar-refractivity contribution is -0.137. The predicted octanol–water partition coefficient (Wildman–Crippen LogP) is 5.67. The standard InChI is InChI=1S/C44H46F2N10O4/c1-24-17-38-40(49-48-24)33(22-51(38)3)31-19-26-5-4-13-54(37(26)20-32(31)41(45)46)42-34-23-53(25(2)57)16-12-35(34)56(50-42)28-10-14-52(15-11-28)29-6-7-30-27(18-29)21-55(44(30)60)36-8-9-39(58)47-43(36)59/h6-7,17-20,22,28,36,41H,4-5,8-16,21,23H2,1-3H3,(H,47,58,59). The third kappa shape index (κ3) is 6.29. The Morgan fingerprint density at radius 3 is 2.47 bits per heavy atom. The minimum absolute atomic E-state index is 0.0130. The Hall–Kier alpha value is -6.19. The van der Waals surface area contributed by atoms with Gasteiger partial charge in [-0.2, -0.15) is 10.2 Å². The van der Waals surface area contributed by atoms with Gasteiger partial charge in [0.15, 0.2) is 5.82 Å². The number of carbonyl (C=O) groups excluding carboxylic acids is 4. The molecule has 5 aliphatic rings. The molecule has 1 N–H and O–H groups in total. The summed E-state index contributed by atoms with van der Waals surface area (Å²) >= 11 is 0. The van der Waals surface area contributed by atoms with Gasteiger partial charge in [-0.1, -0.05) is 0 Å². The van der Waals surface area contributed by atoms with E-state index in [1.165, 1.54) is 0 Å². The number of alkyl halides is 2. The van der Waals surface area contributed by atoms with Crippen LogP contribution in [0.25, 0.3) is 22.2 Å². The Balaban J connectivity index is 0.938. The van der Waals surface area contributed by atoms with E-state index >= 15 is 8.78 Å². The van der Waals surface area contributed by atoms with Gasteiger partial charge in [0.1, 0.15) is 11.6 Å². The van der Waals surface area contributed by atoms with E-state index in [1.807, 2.05) is 60.0 Å². The number of hydrogen-bond donors (Lipinski definition) is 1. The third-order valence-corrected chi connectivity index (χ3v) is 13.2. The Labute approximate surface area is 345 Å². The van der Waals surface area contributed by atoms with Crippen LogP contribution in [-0.2, 0) is 47.4 Å². The van der Waals surface area contributed by atoms with E-state index in [-0.39, 0.29) is 35.7 Å². The summed E-state index contributed by atoms with van der Waals surface area (Å²) in [6.07, 6.45) is 3.46. The van der Waals surface area contributed by atoms with Crippen LogP contribution in [0.4, 0.5) is 26.0 Å². The summed E-state index contributed by atoms with van der Waals surface area (Å²) in [6, 6.07) is 10.7. The minimum atomic E-state index is -2.73. The number of nitrogens with one attached hydrogen (secondary N) is 1. The van der Waals surface area contributed by atoms with E-state index in [4.69, 9.17) is 5.10 Å². The first-order valence-electron chi connectivity index (χ1n) is 20.8. The molecule has 8 heterocycles. The summed E-state index contributed by atoms with van der Waals surface area (Å²) in [7, 11) is 1.89. The van der Waals surface area contributed by atoms with Gasteiger partial charge in [0.25, 0.3) is 12.3 Å². The van der Waals surface area contributed by atoms with Crippen LogP contribution in [0.5, 0.6) is 0 Å². The highest BCUT2D eigenvalue weighted by Gasteiger charge is 2.40. The Morgan fingerprint density at radius 2 is 1.70 bits per heavy atom. The van der Waals surface area contributed by atoms with Crippen LogP contribution in [0.2, 0.25) is 0 Å². The number of amides is 4. The summed E-state index contributed by atoms with van der Waals surface area (Å²) < 4.78 is 34.3. The van der Waals surface area contributed by atoms with Crippen LogP contribution in [0.1, 0.15) is 95.5 Å². The van der Waals surface area contributed by atoms with Crippen LogP contribution in [0.3, 0.4) is 0 Å². The number of rotatable bonds is 6. The molecule has 10 rings (SSSR count). The molecule has 0 aliphatic carbocycles. The lowest BCUT2D eigenvalue weighted by Crippen LogP contribution is -2.52. The maximum atomic E-state index is 15.1. The van der Waals surface area contributed by atoms with Crippen molar-refractivity contribution in [3.05, 3.63) is 81.8 Å². The second-order valence-corrected chi connectivity index (χ2v) is 16.8. The molecule has 0 spiro atoms. The molecular weight excluding hydrogens is 771 g/mol. The molecular formula is C44H46F2N10O4. The largest absolute Gasteiger partial charge is 0.371 e. The Bertz CT molecular complexity index is 2630. The predicted molar refractivity (Wildman–Crippen MR) is 219 cm³/mol. The maximum absolute atomic E-state index is 15.1. The first-order chi connectivity index (χ1) is 28.9. The van der Waals surface area contributed by atoms with Gasteiger partial charge >= 0.3 is 0 Å². The van der Waals surface area contributed by atoms with Gasteiger partial charge in [0.05, 0.1) is 23.8 Å². The maximum Gasteiger partial charge on any atom is 0.264 e. The van der Waals surface area contributed by atoms with E-state index in [2.05, 4.69) is 30.0 Å². The third-order valence-electron chi connectivity index (χ3n) is 13.2. The molecule has 3 aromatic heterocycles. The highest BCUT2D eigenvalue weighted by atomic mass is 19.3. The molecule has 0 saturated carbocycles. The van der Waals surface area contributed by atoms with Gasteiger partial charge in [-0.3, -0.25) is 29.2 Å². The van der Waals surface area contributed by atoms with Gasteiger partial charge in [0.2, 0.25) is 17.7 Å². The van der Waals surface area contributed by atoms with Crippen molar-refractivity contribution < 1.29 is 28.0 Å². The summed E-state index contributed by atoms with van der Waals surface area (Å²) in [4.78, 5) is 58.2. The fraction of sp³-hybridized carbons (Fsp3) is 0.432. The van der Waals surface area contributed by atoms with Crippen molar-refractivity contribution in [1.29, 1.82) is 0 Å². The van der Waals surface area contributed by atoms with Crippen LogP contribution in [-0.4, -0.2) is 90.2 Å². The first kappa shape index (κ1) is 38.0. The van der Waals surface area contributed by atoms with Crippen LogP contribution in [0.15, 0.2) is 42.6 Å². The fourth-order valence-corrected chi connectivity index (χ4v) is 10.1. The minimum Gasteiger partial charge on any atom is -0.371 e. The van der Waals surface area contributed by atoms with Crippen molar-refractivity contribution in [2.45, 2.75) is 90.4 Å². The number of aromatic nitrogens is 5. The summed E-state index contributed by atoms with van der Waals surface area (Å²) in [5.41, 5.74) is 9.39. The monoisotopic (exact) mass is 816 g/mol. The molecule has 310 valence electrons. The van der Waals surface area contributed by atoms with Crippen molar-refractivity contribution in [2.75, 3.05) is 36.0 Å². The highest BCUT2D eigenvalue weighted by Crippen LogP contribution is 2.45.